The number of aliphatic hydroxyl groups is 1. The van der Waals surface area contributed by atoms with Crippen LogP contribution < -0.4 is 0 Å². The van der Waals surface area contributed by atoms with Gasteiger partial charge in [0.2, 0.25) is 0 Å². The third-order valence-electron chi connectivity index (χ3n) is 1.66. The molecule has 0 aliphatic heterocycles. The molecule has 0 bridgehead atoms. The van der Waals surface area contributed by atoms with Gasteiger partial charge in [-0.3, -0.25) is 0 Å². The molecule has 1 aromatic carbocycles. The van der Waals surface area contributed by atoms with Gasteiger partial charge in [-0.2, -0.15) is 0 Å². The number of benzene rings is 1. The van der Waals surface area contributed by atoms with Crippen LogP contribution in [0.3, 0.4) is 0 Å². The molecule has 1 rings (SSSR count). The molecule has 0 saturated heterocycles. The Hall–Kier alpha value is -0.740. The highest BCUT2D eigenvalue weighted by Crippen LogP contribution is 2.36. The molecule has 0 aliphatic carbocycles. The van der Waals surface area contributed by atoms with Gasteiger partial charge in [0, 0.05) is 9.13 Å². The first-order valence-corrected chi connectivity index (χ1v) is 6.49. The Morgan fingerprint density at radius 1 is 1.25 bits per heavy atom. The van der Waals surface area contributed by atoms with Crippen LogP contribution in [0.4, 0.5) is 0 Å². The standard InChI is InChI=1S/C8H9O6P2/c9-8(7-4-2-1-3-5-7)6-13-16(12)14-15(10)11/h1-5,8-9H,6H2/q+1/p+1. The van der Waals surface area contributed by atoms with Crippen molar-refractivity contribution in [2.24, 2.45) is 0 Å². The van der Waals surface area contributed by atoms with E-state index in [2.05, 4.69) is 8.83 Å². The highest BCUT2D eigenvalue weighted by atomic mass is 31.2. The molecule has 16 heavy (non-hydrogen) atoms. The Balaban J connectivity index is 2.39. The quantitative estimate of drug-likeness (QED) is 0.764. The smallest absolute Gasteiger partial charge is 0.386 e. The molecular weight excluding hydrogens is 254 g/mol. The maximum absolute atomic E-state index is 10.8. The minimum absolute atomic E-state index is 0.275. The van der Waals surface area contributed by atoms with Gasteiger partial charge in [0.05, 0.1) is 0 Å². The van der Waals surface area contributed by atoms with Crippen molar-refractivity contribution in [1.29, 1.82) is 0 Å². The molecule has 0 radical (unpaired) electrons. The van der Waals surface area contributed by atoms with E-state index >= 15 is 0 Å². The summed E-state index contributed by atoms with van der Waals surface area (Å²) in [4.78, 5) is 8.27. The average Bonchev–Trinajstić information content (AvgIpc) is 2.26. The second-order valence-electron chi connectivity index (χ2n) is 2.77. The van der Waals surface area contributed by atoms with E-state index < -0.39 is 22.6 Å². The van der Waals surface area contributed by atoms with Crippen molar-refractivity contribution >= 4 is 16.5 Å². The molecule has 3 atom stereocenters. The fourth-order valence-corrected chi connectivity index (χ4v) is 1.89. The van der Waals surface area contributed by atoms with Gasteiger partial charge in [-0.25, -0.2) is 0 Å². The Labute approximate surface area is 93.7 Å². The second-order valence-corrected chi connectivity index (χ2v) is 4.60. The van der Waals surface area contributed by atoms with Crippen molar-refractivity contribution < 1.29 is 28.0 Å². The number of rotatable bonds is 6. The van der Waals surface area contributed by atoms with E-state index in [0.717, 1.165) is 0 Å². The fraction of sp³-hybridized carbons (Fsp3) is 0.250. The lowest BCUT2D eigenvalue weighted by Gasteiger charge is -2.05. The molecule has 6 nitrogen and oxygen atoms in total. The Morgan fingerprint density at radius 3 is 2.44 bits per heavy atom. The number of aliphatic hydroxyl groups excluding tert-OH is 1. The first kappa shape index (κ1) is 13.3. The lowest BCUT2D eigenvalue weighted by molar-refractivity contribution is 0.106. The highest BCUT2D eigenvalue weighted by molar-refractivity contribution is 7.47. The van der Waals surface area contributed by atoms with Crippen molar-refractivity contribution in [3.05, 3.63) is 35.9 Å². The van der Waals surface area contributed by atoms with Gasteiger partial charge in [0.25, 0.3) is 0 Å². The van der Waals surface area contributed by atoms with Gasteiger partial charge < -0.3 is 5.11 Å². The summed E-state index contributed by atoms with van der Waals surface area (Å²) in [6, 6.07) is 8.61. The maximum atomic E-state index is 10.8. The van der Waals surface area contributed by atoms with Crippen molar-refractivity contribution in [2.75, 3.05) is 6.61 Å². The van der Waals surface area contributed by atoms with Crippen LogP contribution in [-0.4, -0.2) is 16.6 Å². The summed E-state index contributed by atoms with van der Waals surface area (Å²) in [5.41, 5.74) is 0.597. The fourth-order valence-electron chi connectivity index (χ4n) is 0.983. The molecule has 86 valence electrons. The minimum Gasteiger partial charge on any atom is -0.386 e. The molecule has 0 aromatic heterocycles. The second kappa shape index (κ2) is 6.76. The van der Waals surface area contributed by atoms with Crippen LogP contribution >= 0.6 is 16.5 Å². The zero-order valence-electron chi connectivity index (χ0n) is 8.09. The molecule has 0 saturated carbocycles. The summed E-state index contributed by atoms with van der Waals surface area (Å²) in [7, 11) is -5.65. The van der Waals surface area contributed by atoms with Gasteiger partial charge >= 0.3 is 16.5 Å². The monoisotopic (exact) mass is 264 g/mol. The van der Waals surface area contributed by atoms with Crippen LogP contribution in [0.2, 0.25) is 0 Å². The van der Waals surface area contributed by atoms with Crippen LogP contribution in [0.5, 0.6) is 0 Å². The molecule has 8 heteroatoms. The van der Waals surface area contributed by atoms with Crippen molar-refractivity contribution in [3.8, 4) is 0 Å². The molecule has 0 aliphatic rings. The van der Waals surface area contributed by atoms with Crippen LogP contribution in [0.1, 0.15) is 11.7 Å². The molecule has 3 unspecified atom stereocenters. The summed E-state index contributed by atoms with van der Waals surface area (Å²) in [5, 5.41) is 9.56. The van der Waals surface area contributed by atoms with Gasteiger partial charge in [-0.15, -0.1) is 9.42 Å². The largest absolute Gasteiger partial charge is 0.747 e. The van der Waals surface area contributed by atoms with Crippen LogP contribution in [0.25, 0.3) is 0 Å². The van der Waals surface area contributed by atoms with Gasteiger partial charge in [-0.05, 0) is 5.56 Å². The SMILES string of the molecule is O=[P+](O)O[P+](=O)OCC(O)c1ccccc1. The molecule has 2 N–H and O–H groups in total. The van der Waals surface area contributed by atoms with Crippen molar-refractivity contribution in [3.63, 3.8) is 0 Å². The van der Waals surface area contributed by atoms with Gasteiger partial charge in [0.15, 0.2) is 4.31 Å². The van der Waals surface area contributed by atoms with Gasteiger partial charge in [0.1, 0.15) is 12.7 Å². The molecule has 0 heterocycles. The first-order chi connectivity index (χ1) is 7.59. The first-order valence-electron chi connectivity index (χ1n) is 4.27. The van der Waals surface area contributed by atoms with Crippen LogP contribution in [-0.2, 0) is 18.0 Å². The highest BCUT2D eigenvalue weighted by Gasteiger charge is 2.37. The van der Waals surface area contributed by atoms with E-state index in [1.54, 1.807) is 30.3 Å². The maximum Gasteiger partial charge on any atom is 0.747 e. The zero-order valence-corrected chi connectivity index (χ0v) is 9.88. The summed E-state index contributed by atoms with van der Waals surface area (Å²) in [5.74, 6) is 0. The van der Waals surface area contributed by atoms with E-state index in [-0.39, 0.29) is 6.61 Å². The predicted octanol–water partition coefficient (Wildman–Crippen LogP) is 2.06. The zero-order chi connectivity index (χ0) is 12.0. The summed E-state index contributed by atoms with van der Waals surface area (Å²) in [6.07, 6.45) is -0.958. The number of hydrogen-bond acceptors (Lipinski definition) is 5. The van der Waals surface area contributed by atoms with E-state index in [4.69, 9.17) is 4.89 Å². The lowest BCUT2D eigenvalue weighted by Crippen LogP contribution is -2.03. The molecule has 0 amide bonds. The molecule has 1 aromatic rings. The van der Waals surface area contributed by atoms with Crippen molar-refractivity contribution in [1.82, 2.24) is 0 Å². The minimum atomic E-state index is -2.97. The summed E-state index contributed by atoms with van der Waals surface area (Å²) in [6.45, 7) is -0.275. The van der Waals surface area contributed by atoms with Gasteiger partial charge in [-0.1, -0.05) is 30.3 Å². The number of hydrogen-bond donors (Lipinski definition) is 2. The van der Waals surface area contributed by atoms with Crippen molar-refractivity contribution in [2.45, 2.75) is 6.10 Å². The predicted molar refractivity (Wildman–Crippen MR) is 55.9 cm³/mol. The Kier molecular flexibility index (Phi) is 5.63. The average molecular weight is 264 g/mol. The van der Waals surface area contributed by atoms with Crippen LogP contribution in [0, 0.1) is 0 Å². The molecule has 0 fully saturated rings. The third-order valence-corrected chi connectivity index (χ3v) is 3.11. The topological polar surface area (TPSA) is 93.1 Å². The Bertz CT molecular complexity index is 368. The van der Waals surface area contributed by atoms with E-state index in [1.807, 2.05) is 0 Å². The Morgan fingerprint density at radius 2 is 1.88 bits per heavy atom. The molecule has 0 spiro atoms. The van der Waals surface area contributed by atoms with Crippen LogP contribution in [0.15, 0.2) is 30.3 Å². The summed E-state index contributed by atoms with van der Waals surface area (Å²) >= 11 is 0. The van der Waals surface area contributed by atoms with E-state index in [1.165, 1.54) is 0 Å². The molecular formula is C8H10O6P2+2. The summed E-state index contributed by atoms with van der Waals surface area (Å²) < 4.78 is 29.5. The third kappa shape index (κ3) is 4.86. The van der Waals surface area contributed by atoms with E-state index in [9.17, 15) is 14.2 Å². The van der Waals surface area contributed by atoms with E-state index in [0.29, 0.717) is 5.56 Å². The normalized spacial score (nSPS) is 14.4. The lowest BCUT2D eigenvalue weighted by atomic mass is 10.1.